The molecule has 2 heterocycles. The molecule has 0 saturated carbocycles. The van der Waals surface area contributed by atoms with E-state index in [0.717, 1.165) is 48.5 Å². The van der Waals surface area contributed by atoms with E-state index in [2.05, 4.69) is 23.1 Å². The summed E-state index contributed by atoms with van der Waals surface area (Å²) in [6.07, 6.45) is 9.84. The lowest BCUT2D eigenvalue weighted by Gasteiger charge is -2.34. The second-order valence-electron chi connectivity index (χ2n) is 5.30. The van der Waals surface area contributed by atoms with Gasteiger partial charge in [-0.25, -0.2) is 0 Å². The van der Waals surface area contributed by atoms with Gasteiger partial charge in [-0.15, -0.1) is 17.8 Å². The van der Waals surface area contributed by atoms with Gasteiger partial charge in [-0.3, -0.25) is 9.69 Å². The number of aryl methyl sites for hydroxylation is 1. The molecule has 0 radical (unpaired) electrons. The molecule has 0 bridgehead atoms. The van der Waals surface area contributed by atoms with Crippen molar-refractivity contribution < 1.29 is 4.79 Å². The zero-order chi connectivity index (χ0) is 14.5. The second-order valence-corrected chi connectivity index (χ2v) is 6.18. The number of piperidine rings is 1. The zero-order valence-electron chi connectivity index (χ0n) is 12.2. The first-order chi connectivity index (χ1) is 9.67. The number of hydrogen-bond acceptors (Lipinski definition) is 3. The fourth-order valence-electron chi connectivity index (χ4n) is 2.76. The van der Waals surface area contributed by atoms with Crippen LogP contribution in [0.15, 0.2) is 5.38 Å². The van der Waals surface area contributed by atoms with Gasteiger partial charge in [-0.1, -0.05) is 19.3 Å². The van der Waals surface area contributed by atoms with Crippen molar-refractivity contribution in [2.45, 2.75) is 45.6 Å². The molecule has 1 aromatic heterocycles. The molecular formula is C16H22N2OS. The maximum atomic E-state index is 12.6. The third kappa shape index (κ3) is 3.23. The Bertz CT molecular complexity index is 513. The average Bonchev–Trinajstić information content (AvgIpc) is 2.80. The van der Waals surface area contributed by atoms with Gasteiger partial charge in [0.2, 0.25) is 5.91 Å². The summed E-state index contributed by atoms with van der Waals surface area (Å²) in [6, 6.07) is -0.00590. The summed E-state index contributed by atoms with van der Waals surface area (Å²) in [5.41, 5.74) is 1.87. The first-order valence-corrected chi connectivity index (χ1v) is 8.15. The molecule has 1 atom stereocenters. The summed E-state index contributed by atoms with van der Waals surface area (Å²) >= 11 is 1.51. The van der Waals surface area contributed by atoms with Crippen LogP contribution in [0.2, 0.25) is 0 Å². The van der Waals surface area contributed by atoms with Crippen LogP contribution in [0.4, 0.5) is 5.69 Å². The van der Waals surface area contributed by atoms with Gasteiger partial charge in [0.25, 0.3) is 0 Å². The SMILES string of the molecule is C#Cc1scc(C)c1NC(=O)[C@@H]1CCCCN1CCC. The van der Waals surface area contributed by atoms with Crippen LogP contribution in [-0.2, 0) is 4.79 Å². The van der Waals surface area contributed by atoms with E-state index in [1.165, 1.54) is 17.8 Å². The molecule has 1 aliphatic rings. The molecule has 20 heavy (non-hydrogen) atoms. The molecule has 2 rings (SSSR count). The van der Waals surface area contributed by atoms with Crippen molar-refractivity contribution in [1.29, 1.82) is 0 Å². The molecule has 4 heteroatoms. The third-order valence-electron chi connectivity index (χ3n) is 3.78. The van der Waals surface area contributed by atoms with E-state index in [9.17, 15) is 4.79 Å². The average molecular weight is 290 g/mol. The van der Waals surface area contributed by atoms with Crippen molar-refractivity contribution in [2.75, 3.05) is 18.4 Å². The number of anilines is 1. The molecule has 1 N–H and O–H groups in total. The Hall–Kier alpha value is -1.31. The van der Waals surface area contributed by atoms with Gasteiger partial charge < -0.3 is 5.32 Å². The number of thiophene rings is 1. The quantitative estimate of drug-likeness (QED) is 0.863. The highest BCUT2D eigenvalue weighted by molar-refractivity contribution is 7.11. The van der Waals surface area contributed by atoms with Crippen LogP contribution < -0.4 is 5.32 Å². The molecule has 0 unspecified atom stereocenters. The highest BCUT2D eigenvalue weighted by atomic mass is 32.1. The van der Waals surface area contributed by atoms with Crippen molar-refractivity contribution in [3.63, 3.8) is 0 Å². The minimum absolute atomic E-state index is 0.00590. The van der Waals surface area contributed by atoms with Crippen molar-refractivity contribution >= 4 is 22.9 Å². The van der Waals surface area contributed by atoms with Crippen LogP contribution in [0.5, 0.6) is 0 Å². The summed E-state index contributed by atoms with van der Waals surface area (Å²) in [6.45, 7) is 6.15. The van der Waals surface area contributed by atoms with E-state index >= 15 is 0 Å². The van der Waals surface area contributed by atoms with Crippen molar-refractivity contribution in [3.8, 4) is 12.3 Å². The van der Waals surface area contributed by atoms with Gasteiger partial charge in [0.05, 0.1) is 11.7 Å². The maximum Gasteiger partial charge on any atom is 0.241 e. The summed E-state index contributed by atoms with van der Waals surface area (Å²) in [4.78, 5) is 15.7. The van der Waals surface area contributed by atoms with E-state index < -0.39 is 0 Å². The van der Waals surface area contributed by atoms with E-state index in [0.29, 0.717) is 0 Å². The lowest BCUT2D eigenvalue weighted by atomic mass is 10.0. The Kier molecular flexibility index (Phi) is 5.22. The number of amides is 1. The minimum Gasteiger partial charge on any atom is -0.323 e. The Labute approximate surface area is 125 Å². The lowest BCUT2D eigenvalue weighted by Crippen LogP contribution is -2.47. The van der Waals surface area contributed by atoms with Crippen molar-refractivity contribution in [3.05, 3.63) is 15.8 Å². The third-order valence-corrected chi connectivity index (χ3v) is 4.81. The predicted molar refractivity (Wildman–Crippen MR) is 85.1 cm³/mol. The Morgan fingerprint density at radius 2 is 2.40 bits per heavy atom. The standard InChI is InChI=1S/C16H22N2OS/c1-4-9-18-10-7-6-8-13(18)16(19)17-15-12(3)11-20-14(15)5-2/h2,11,13H,4,6-10H2,1,3H3,(H,17,19)/t13-/m0/s1. The highest BCUT2D eigenvalue weighted by Crippen LogP contribution is 2.28. The molecule has 0 spiro atoms. The number of terminal acetylenes is 1. The molecule has 1 aliphatic heterocycles. The number of nitrogens with zero attached hydrogens (tertiary/aromatic N) is 1. The van der Waals surface area contributed by atoms with Crippen LogP contribution in [-0.4, -0.2) is 29.9 Å². The van der Waals surface area contributed by atoms with Crippen LogP contribution >= 0.6 is 11.3 Å². The maximum absolute atomic E-state index is 12.6. The van der Waals surface area contributed by atoms with Gasteiger partial charge in [-0.05, 0) is 50.2 Å². The molecule has 1 aromatic rings. The largest absolute Gasteiger partial charge is 0.323 e. The topological polar surface area (TPSA) is 32.3 Å². The molecule has 1 fully saturated rings. The number of carbonyl (C=O) groups is 1. The molecule has 3 nitrogen and oxygen atoms in total. The Morgan fingerprint density at radius 3 is 3.10 bits per heavy atom. The number of likely N-dealkylation sites (tertiary alicyclic amines) is 1. The van der Waals surface area contributed by atoms with Gasteiger partial charge >= 0.3 is 0 Å². The molecular weight excluding hydrogens is 268 g/mol. The minimum atomic E-state index is -0.00590. The molecule has 1 amide bonds. The Balaban J connectivity index is 2.10. The normalized spacial score (nSPS) is 19.6. The van der Waals surface area contributed by atoms with Gasteiger partial charge in [0, 0.05) is 0 Å². The first-order valence-electron chi connectivity index (χ1n) is 7.27. The number of rotatable bonds is 4. The monoisotopic (exact) mass is 290 g/mol. The summed E-state index contributed by atoms with van der Waals surface area (Å²) < 4.78 is 0. The lowest BCUT2D eigenvalue weighted by molar-refractivity contribution is -0.122. The van der Waals surface area contributed by atoms with E-state index in [-0.39, 0.29) is 11.9 Å². The number of carbonyl (C=O) groups excluding carboxylic acids is 1. The summed E-state index contributed by atoms with van der Waals surface area (Å²) in [7, 11) is 0. The fraction of sp³-hybridized carbons (Fsp3) is 0.562. The Morgan fingerprint density at radius 1 is 1.60 bits per heavy atom. The molecule has 0 aliphatic carbocycles. The summed E-state index contributed by atoms with van der Waals surface area (Å²) in [5.74, 6) is 2.74. The fourth-order valence-corrected chi connectivity index (χ4v) is 3.57. The smallest absolute Gasteiger partial charge is 0.241 e. The van der Waals surface area contributed by atoms with E-state index in [1.54, 1.807) is 0 Å². The van der Waals surface area contributed by atoms with Crippen LogP contribution in [0.25, 0.3) is 0 Å². The van der Waals surface area contributed by atoms with E-state index in [1.807, 2.05) is 12.3 Å². The van der Waals surface area contributed by atoms with Gasteiger partial charge in [0.15, 0.2) is 0 Å². The summed E-state index contributed by atoms with van der Waals surface area (Å²) in [5, 5.41) is 5.05. The van der Waals surface area contributed by atoms with E-state index in [4.69, 9.17) is 6.42 Å². The molecule has 108 valence electrons. The predicted octanol–water partition coefficient (Wildman–Crippen LogP) is 3.24. The highest BCUT2D eigenvalue weighted by Gasteiger charge is 2.28. The second kappa shape index (κ2) is 6.92. The first kappa shape index (κ1) is 15.1. The van der Waals surface area contributed by atoms with Crippen molar-refractivity contribution in [2.24, 2.45) is 0 Å². The van der Waals surface area contributed by atoms with Crippen LogP contribution in [0.3, 0.4) is 0 Å². The van der Waals surface area contributed by atoms with Crippen molar-refractivity contribution in [1.82, 2.24) is 4.90 Å². The molecule has 1 saturated heterocycles. The van der Waals surface area contributed by atoms with Crippen LogP contribution in [0, 0.1) is 19.3 Å². The number of nitrogens with one attached hydrogen (secondary N) is 1. The molecule has 0 aromatic carbocycles. The number of hydrogen-bond donors (Lipinski definition) is 1. The zero-order valence-corrected chi connectivity index (χ0v) is 13.1. The van der Waals surface area contributed by atoms with Gasteiger partial charge in [0.1, 0.15) is 4.88 Å². The van der Waals surface area contributed by atoms with Crippen LogP contribution in [0.1, 0.15) is 43.0 Å². The van der Waals surface area contributed by atoms with Gasteiger partial charge in [-0.2, -0.15) is 0 Å².